The van der Waals surface area contributed by atoms with E-state index in [0.717, 1.165) is 22.0 Å². The van der Waals surface area contributed by atoms with Crippen molar-refractivity contribution in [1.29, 1.82) is 0 Å². The summed E-state index contributed by atoms with van der Waals surface area (Å²) in [5.74, 6) is 0. The molecule has 0 N–H and O–H groups in total. The quantitative estimate of drug-likeness (QED) is 0.204. The van der Waals surface area contributed by atoms with Crippen molar-refractivity contribution in [2.24, 2.45) is 10.8 Å². The van der Waals surface area contributed by atoms with Crippen molar-refractivity contribution in [1.82, 2.24) is 9.38 Å². The first kappa shape index (κ1) is 28.1. The highest BCUT2D eigenvalue weighted by Crippen LogP contribution is 2.46. The summed E-state index contributed by atoms with van der Waals surface area (Å²) in [6.45, 7) is 12.1. The van der Waals surface area contributed by atoms with Crippen LogP contribution in [0.4, 0.5) is 0 Å². The van der Waals surface area contributed by atoms with Crippen LogP contribution in [0.2, 0.25) is 0 Å². The fourth-order valence-corrected chi connectivity index (χ4v) is 6.48. The highest BCUT2D eigenvalue weighted by Gasteiger charge is 2.41. The van der Waals surface area contributed by atoms with Crippen LogP contribution in [0, 0.1) is 10.8 Å². The molecule has 0 unspecified atom stereocenters. The second-order valence-corrected chi connectivity index (χ2v) is 14.3. The zero-order valence-electron chi connectivity index (χ0n) is 25.8. The SMILES string of the molecule is [B]C([B])(c1cnc(-c2ccc3ccc4c5cccc6c7ccccc7n(c4c3c2)c65)cc1C([B])([B])C(C)(C)C)C(C)(C)C. The average molecular weight is 548 g/mol. The van der Waals surface area contributed by atoms with E-state index in [1.54, 1.807) is 6.20 Å². The minimum atomic E-state index is -1.22. The van der Waals surface area contributed by atoms with Gasteiger partial charge in [-0.25, -0.2) is 0 Å². The van der Waals surface area contributed by atoms with Crippen LogP contribution in [-0.2, 0) is 10.4 Å². The molecule has 202 valence electrons. The number of pyridine rings is 1. The third-order valence-corrected chi connectivity index (χ3v) is 9.77. The van der Waals surface area contributed by atoms with E-state index in [1.165, 1.54) is 38.1 Å². The molecule has 0 spiro atoms. The largest absolute Gasteiger partial charge is 0.307 e. The molecule has 0 aliphatic rings. The third kappa shape index (κ3) is 3.88. The van der Waals surface area contributed by atoms with Gasteiger partial charge < -0.3 is 4.40 Å². The molecule has 0 fully saturated rings. The molecular weight excluding hydrogens is 516 g/mol. The minimum Gasteiger partial charge on any atom is -0.307 e. The number of hydrogen-bond acceptors (Lipinski definition) is 1. The zero-order valence-corrected chi connectivity index (χ0v) is 25.8. The molecule has 3 heterocycles. The number of hydrogen-bond donors (Lipinski definition) is 0. The van der Waals surface area contributed by atoms with Gasteiger partial charge in [0.1, 0.15) is 0 Å². The summed E-state index contributed by atoms with van der Waals surface area (Å²) in [6, 6.07) is 28.2. The van der Waals surface area contributed by atoms with Crippen LogP contribution in [0.5, 0.6) is 0 Å². The Morgan fingerprint density at radius 2 is 1.12 bits per heavy atom. The van der Waals surface area contributed by atoms with Crippen molar-refractivity contribution in [2.75, 3.05) is 0 Å². The van der Waals surface area contributed by atoms with Gasteiger partial charge in [-0.05, 0) is 40.0 Å². The number of benzene rings is 4. The van der Waals surface area contributed by atoms with Crippen LogP contribution in [0.1, 0.15) is 52.7 Å². The van der Waals surface area contributed by atoms with Gasteiger partial charge in [0.15, 0.2) is 0 Å². The Hall–Kier alpha value is -3.65. The average Bonchev–Trinajstić information content (AvgIpc) is 3.48. The maximum absolute atomic E-state index is 6.94. The molecule has 8 radical (unpaired) electrons. The Balaban J connectivity index is 1.53. The van der Waals surface area contributed by atoms with Crippen molar-refractivity contribution in [3.63, 3.8) is 0 Å². The van der Waals surface area contributed by atoms with E-state index in [2.05, 4.69) is 77.2 Å². The Kier molecular flexibility index (Phi) is 5.85. The van der Waals surface area contributed by atoms with Gasteiger partial charge in [0.2, 0.25) is 0 Å². The summed E-state index contributed by atoms with van der Waals surface area (Å²) >= 11 is 0. The van der Waals surface area contributed by atoms with Gasteiger partial charge >= 0.3 is 0 Å². The summed E-state index contributed by atoms with van der Waals surface area (Å²) in [5.41, 5.74) is 5.80. The van der Waals surface area contributed by atoms with Gasteiger partial charge in [0, 0.05) is 38.7 Å². The predicted molar refractivity (Wildman–Crippen MR) is 187 cm³/mol. The lowest BCUT2D eigenvalue weighted by atomic mass is 9.35. The number of fused-ring (bicyclic) bond motifs is 8. The van der Waals surface area contributed by atoms with Crippen molar-refractivity contribution in [3.05, 3.63) is 96.2 Å². The third-order valence-electron chi connectivity index (χ3n) is 9.77. The van der Waals surface area contributed by atoms with Crippen LogP contribution in [0.3, 0.4) is 0 Å². The topological polar surface area (TPSA) is 17.3 Å². The first-order valence-electron chi connectivity index (χ1n) is 14.9. The molecule has 2 nitrogen and oxygen atoms in total. The minimum absolute atomic E-state index is 0.470. The molecular formula is C37H32B4N2. The molecule has 0 amide bonds. The summed E-state index contributed by atoms with van der Waals surface area (Å²) < 4.78 is 2.42. The van der Waals surface area contributed by atoms with Crippen LogP contribution in [0.25, 0.3) is 60.1 Å². The van der Waals surface area contributed by atoms with Crippen molar-refractivity contribution < 1.29 is 0 Å². The number of rotatable bonds is 3. The molecule has 43 heavy (non-hydrogen) atoms. The monoisotopic (exact) mass is 548 g/mol. The van der Waals surface area contributed by atoms with E-state index in [1.807, 2.05) is 47.6 Å². The molecule has 0 atom stereocenters. The van der Waals surface area contributed by atoms with Gasteiger partial charge in [0.05, 0.1) is 53.6 Å². The van der Waals surface area contributed by atoms with Crippen molar-refractivity contribution in [2.45, 2.75) is 52.0 Å². The highest BCUT2D eigenvalue weighted by molar-refractivity contribution is 6.43. The second kappa shape index (κ2) is 8.94. The lowest BCUT2D eigenvalue weighted by Crippen LogP contribution is -2.47. The molecule has 6 heteroatoms. The molecule has 0 bridgehead atoms. The van der Waals surface area contributed by atoms with Crippen LogP contribution in [-0.4, -0.2) is 40.8 Å². The van der Waals surface area contributed by atoms with Gasteiger partial charge in [-0.2, -0.15) is 0 Å². The number of para-hydroxylation sites is 2. The van der Waals surface area contributed by atoms with Crippen LogP contribution >= 0.6 is 0 Å². The van der Waals surface area contributed by atoms with E-state index in [0.29, 0.717) is 11.1 Å². The number of nitrogens with zero attached hydrogens (tertiary/aromatic N) is 2. The molecule has 7 aromatic rings. The standard InChI is InChI=1S/C37H32B4N2/c1-34(2,3)36(38,39)28-19-30(42-20-29(28)37(40,41)35(4,5)6)22-15-14-21-16-17-26-25-12-9-11-24-23-10-7-8-13-31(23)43(32(24)25)33(26)27(21)18-22/h7-20H,1-6H3. The summed E-state index contributed by atoms with van der Waals surface area (Å²) in [5, 5.41) is 4.91. The van der Waals surface area contributed by atoms with E-state index >= 15 is 0 Å². The molecule has 0 aliphatic carbocycles. The summed E-state index contributed by atoms with van der Waals surface area (Å²) in [4.78, 5) is 4.93. The molecule has 0 saturated heterocycles. The van der Waals surface area contributed by atoms with Crippen molar-refractivity contribution in [3.8, 4) is 11.3 Å². The molecule has 0 saturated carbocycles. The molecule has 4 aromatic carbocycles. The molecule has 0 aliphatic heterocycles. The first-order valence-corrected chi connectivity index (χ1v) is 14.9. The smallest absolute Gasteiger partial charge is 0.0704 e. The summed E-state index contributed by atoms with van der Waals surface area (Å²) in [6.07, 6.45) is 1.77. The van der Waals surface area contributed by atoms with Gasteiger partial charge in [-0.1, -0.05) is 118 Å². The Morgan fingerprint density at radius 3 is 1.81 bits per heavy atom. The fraction of sp³-hybridized carbons (Fsp3) is 0.270. The van der Waals surface area contributed by atoms with Crippen molar-refractivity contribution >= 4 is 80.3 Å². The van der Waals surface area contributed by atoms with Crippen LogP contribution < -0.4 is 0 Å². The highest BCUT2D eigenvalue weighted by atomic mass is 14.9. The van der Waals surface area contributed by atoms with Gasteiger partial charge in [0.25, 0.3) is 0 Å². The zero-order chi connectivity index (χ0) is 30.7. The first-order chi connectivity index (χ1) is 20.1. The predicted octanol–water partition coefficient (Wildman–Crippen LogP) is 8.12. The fourth-order valence-electron chi connectivity index (χ4n) is 6.48. The maximum atomic E-state index is 6.94. The molecule has 7 rings (SSSR count). The second-order valence-electron chi connectivity index (χ2n) is 14.3. The Morgan fingerprint density at radius 1 is 0.558 bits per heavy atom. The van der Waals surface area contributed by atoms with Crippen LogP contribution in [0.15, 0.2) is 85.1 Å². The molecule has 3 aromatic heterocycles. The lowest BCUT2D eigenvalue weighted by molar-refractivity contribution is 0.335. The maximum Gasteiger partial charge on any atom is 0.0704 e. The van der Waals surface area contributed by atoms with E-state index in [9.17, 15) is 0 Å². The van der Waals surface area contributed by atoms with E-state index in [4.69, 9.17) is 36.4 Å². The van der Waals surface area contributed by atoms with Gasteiger partial charge in [-0.3, -0.25) is 4.98 Å². The number of aromatic nitrogens is 2. The van der Waals surface area contributed by atoms with E-state index < -0.39 is 21.3 Å². The lowest BCUT2D eigenvalue weighted by Gasteiger charge is -2.48. The van der Waals surface area contributed by atoms with Gasteiger partial charge in [-0.15, -0.1) is 0 Å². The Labute approximate surface area is 259 Å². The summed E-state index contributed by atoms with van der Waals surface area (Å²) in [7, 11) is 27.5. The van der Waals surface area contributed by atoms with E-state index in [-0.39, 0.29) is 0 Å². The Bertz CT molecular complexity index is 2210. The normalized spacial score (nSPS) is 13.7.